The summed E-state index contributed by atoms with van der Waals surface area (Å²) in [5.74, 6) is 0.621. The van der Waals surface area contributed by atoms with Gasteiger partial charge in [-0.1, -0.05) is 24.3 Å². The molecule has 188 valence electrons. The number of nitrogens with one attached hydrogen (secondary N) is 1. The van der Waals surface area contributed by atoms with Crippen molar-refractivity contribution in [1.29, 1.82) is 0 Å². The molecular weight excluding hydrogens is 440 g/mol. The van der Waals surface area contributed by atoms with E-state index in [1.807, 2.05) is 31.2 Å². The van der Waals surface area contributed by atoms with Crippen molar-refractivity contribution in [3.8, 4) is 5.75 Å². The highest BCUT2D eigenvalue weighted by atomic mass is 16.5. The molecule has 2 aromatic carbocycles. The number of fused-ring (bicyclic) bond motifs is 1. The molecule has 0 radical (unpaired) electrons. The van der Waals surface area contributed by atoms with E-state index >= 15 is 0 Å². The first kappa shape index (κ1) is 25.0. The van der Waals surface area contributed by atoms with Crippen molar-refractivity contribution in [3.63, 3.8) is 0 Å². The molecule has 0 unspecified atom stereocenters. The molecule has 0 spiro atoms. The van der Waals surface area contributed by atoms with Crippen LogP contribution in [0.25, 0.3) is 0 Å². The topological polar surface area (TPSA) is 65.1 Å². The third kappa shape index (κ3) is 6.54. The predicted molar refractivity (Wildman–Crippen MR) is 140 cm³/mol. The Hall–Kier alpha value is -3.06. The van der Waals surface area contributed by atoms with E-state index in [0.29, 0.717) is 13.1 Å². The Morgan fingerprint density at radius 2 is 1.77 bits per heavy atom. The number of ether oxygens (including phenoxy) is 1. The van der Waals surface area contributed by atoms with Crippen molar-refractivity contribution >= 4 is 23.2 Å². The molecule has 1 fully saturated rings. The molecule has 7 nitrogen and oxygen atoms in total. The van der Waals surface area contributed by atoms with Crippen LogP contribution in [0, 0.1) is 13.8 Å². The lowest BCUT2D eigenvalue weighted by Crippen LogP contribution is -2.47. The van der Waals surface area contributed by atoms with Gasteiger partial charge < -0.3 is 19.9 Å². The van der Waals surface area contributed by atoms with Crippen LogP contribution in [-0.2, 0) is 9.59 Å². The standard InChI is InChI=1S/C28H38N4O3/c1-21-9-10-22(2)25(19-21)31-17-15-30(16-18-31)14-6-13-29-27(33)11-12-28(34)32-20-23(3)35-26-8-5-4-7-24(26)32/h4-5,7-10,19,23H,6,11-18,20H2,1-3H3,(H,29,33)/t23-/m1/s1. The van der Waals surface area contributed by atoms with Crippen molar-refractivity contribution < 1.29 is 14.3 Å². The highest BCUT2D eigenvalue weighted by molar-refractivity contribution is 5.97. The Morgan fingerprint density at radius 1 is 1.00 bits per heavy atom. The molecule has 4 rings (SSSR count). The summed E-state index contributed by atoms with van der Waals surface area (Å²) in [7, 11) is 0. The molecule has 2 amide bonds. The van der Waals surface area contributed by atoms with Gasteiger partial charge in [-0.15, -0.1) is 0 Å². The van der Waals surface area contributed by atoms with E-state index in [1.165, 1.54) is 16.8 Å². The molecule has 2 aliphatic heterocycles. The number of carbonyl (C=O) groups excluding carboxylic acids is 2. The van der Waals surface area contributed by atoms with Crippen LogP contribution >= 0.6 is 0 Å². The van der Waals surface area contributed by atoms with E-state index in [0.717, 1.165) is 50.6 Å². The number of piperazine rings is 1. The molecule has 0 aromatic heterocycles. The summed E-state index contributed by atoms with van der Waals surface area (Å²) in [5.41, 5.74) is 4.77. The second kappa shape index (κ2) is 11.6. The third-order valence-electron chi connectivity index (χ3n) is 6.84. The number of hydrogen-bond donors (Lipinski definition) is 1. The van der Waals surface area contributed by atoms with Crippen molar-refractivity contribution in [2.45, 2.75) is 46.1 Å². The van der Waals surface area contributed by atoms with Crippen LogP contribution in [0.2, 0.25) is 0 Å². The van der Waals surface area contributed by atoms with E-state index in [9.17, 15) is 9.59 Å². The van der Waals surface area contributed by atoms with Crippen molar-refractivity contribution in [2.24, 2.45) is 0 Å². The molecule has 0 saturated carbocycles. The zero-order valence-corrected chi connectivity index (χ0v) is 21.3. The van der Waals surface area contributed by atoms with E-state index < -0.39 is 0 Å². The van der Waals surface area contributed by atoms with Gasteiger partial charge in [-0.25, -0.2) is 0 Å². The van der Waals surface area contributed by atoms with Crippen LogP contribution in [0.1, 0.15) is 37.3 Å². The molecule has 0 aliphatic carbocycles. The molecule has 1 saturated heterocycles. The number of hydrogen-bond acceptors (Lipinski definition) is 5. The summed E-state index contributed by atoms with van der Waals surface area (Å²) in [6, 6.07) is 14.2. The monoisotopic (exact) mass is 478 g/mol. The van der Waals surface area contributed by atoms with Gasteiger partial charge in [-0.3, -0.25) is 14.5 Å². The minimum atomic E-state index is -0.0645. The van der Waals surface area contributed by atoms with Gasteiger partial charge in [0.15, 0.2) is 0 Å². The average molecular weight is 479 g/mol. The van der Waals surface area contributed by atoms with Crippen LogP contribution < -0.4 is 19.9 Å². The van der Waals surface area contributed by atoms with E-state index in [1.54, 1.807) is 4.90 Å². The lowest BCUT2D eigenvalue weighted by Gasteiger charge is -2.37. The summed E-state index contributed by atoms with van der Waals surface area (Å²) in [4.78, 5) is 31.8. The minimum absolute atomic E-state index is 0.0375. The van der Waals surface area contributed by atoms with Crippen LogP contribution in [0.15, 0.2) is 42.5 Å². The number of nitrogens with zero attached hydrogens (tertiary/aromatic N) is 3. The van der Waals surface area contributed by atoms with Gasteiger partial charge in [-0.2, -0.15) is 0 Å². The van der Waals surface area contributed by atoms with Crippen molar-refractivity contribution in [1.82, 2.24) is 10.2 Å². The summed E-state index contributed by atoms with van der Waals surface area (Å²) in [5, 5.41) is 2.99. The lowest BCUT2D eigenvalue weighted by atomic mass is 10.1. The molecule has 35 heavy (non-hydrogen) atoms. The Kier molecular flexibility index (Phi) is 8.29. The van der Waals surface area contributed by atoms with Crippen LogP contribution in [0.4, 0.5) is 11.4 Å². The summed E-state index contributed by atoms with van der Waals surface area (Å²) < 4.78 is 5.81. The summed E-state index contributed by atoms with van der Waals surface area (Å²) in [6.45, 7) is 12.5. The first-order chi connectivity index (χ1) is 16.9. The maximum atomic E-state index is 12.8. The van der Waals surface area contributed by atoms with Gasteiger partial charge in [-0.05, 0) is 63.1 Å². The summed E-state index contributed by atoms with van der Waals surface area (Å²) >= 11 is 0. The van der Waals surface area contributed by atoms with Gasteiger partial charge in [0.25, 0.3) is 0 Å². The molecule has 2 heterocycles. The zero-order chi connectivity index (χ0) is 24.8. The largest absolute Gasteiger partial charge is 0.487 e. The first-order valence-corrected chi connectivity index (χ1v) is 12.8. The zero-order valence-electron chi connectivity index (χ0n) is 21.3. The highest BCUT2D eigenvalue weighted by Gasteiger charge is 2.27. The van der Waals surface area contributed by atoms with E-state index in [4.69, 9.17) is 4.74 Å². The molecule has 0 bridgehead atoms. The fourth-order valence-electron chi connectivity index (χ4n) is 4.87. The molecule has 1 N–H and O–H groups in total. The molecule has 2 aliphatic rings. The Labute approximate surface area is 209 Å². The Morgan fingerprint density at radius 3 is 2.57 bits per heavy atom. The maximum Gasteiger partial charge on any atom is 0.227 e. The first-order valence-electron chi connectivity index (χ1n) is 12.8. The molecule has 7 heteroatoms. The van der Waals surface area contributed by atoms with E-state index in [2.05, 4.69) is 47.2 Å². The number of amides is 2. The highest BCUT2D eigenvalue weighted by Crippen LogP contribution is 2.33. The fourth-order valence-corrected chi connectivity index (χ4v) is 4.87. The quantitative estimate of drug-likeness (QED) is 0.588. The normalized spacial score (nSPS) is 18.1. The number of carbonyl (C=O) groups is 2. The molecule has 2 aromatic rings. The van der Waals surface area contributed by atoms with Gasteiger partial charge >= 0.3 is 0 Å². The number of benzene rings is 2. The third-order valence-corrected chi connectivity index (χ3v) is 6.84. The number of aryl methyl sites for hydroxylation is 2. The smallest absolute Gasteiger partial charge is 0.227 e. The Balaban J connectivity index is 1.13. The van der Waals surface area contributed by atoms with Gasteiger partial charge in [0.05, 0.1) is 12.2 Å². The van der Waals surface area contributed by atoms with Crippen molar-refractivity contribution in [3.05, 3.63) is 53.6 Å². The Bertz CT molecular complexity index is 1030. The van der Waals surface area contributed by atoms with Crippen LogP contribution in [0.5, 0.6) is 5.75 Å². The number of rotatable bonds is 8. The van der Waals surface area contributed by atoms with Crippen molar-refractivity contribution in [2.75, 3.05) is 55.6 Å². The van der Waals surface area contributed by atoms with E-state index in [-0.39, 0.29) is 30.8 Å². The second-order valence-corrected chi connectivity index (χ2v) is 9.72. The second-order valence-electron chi connectivity index (χ2n) is 9.72. The fraction of sp³-hybridized carbons (Fsp3) is 0.500. The van der Waals surface area contributed by atoms with Gasteiger partial charge in [0.2, 0.25) is 11.8 Å². The van der Waals surface area contributed by atoms with Crippen LogP contribution in [0.3, 0.4) is 0 Å². The summed E-state index contributed by atoms with van der Waals surface area (Å²) in [6.07, 6.45) is 1.26. The van der Waals surface area contributed by atoms with Gasteiger partial charge in [0, 0.05) is 51.3 Å². The molecule has 1 atom stereocenters. The molecular formula is C28H38N4O3. The minimum Gasteiger partial charge on any atom is -0.487 e. The number of anilines is 2. The SMILES string of the molecule is Cc1ccc(C)c(N2CCN(CCCNC(=O)CCC(=O)N3C[C@@H](C)Oc4ccccc43)CC2)c1. The average Bonchev–Trinajstić information content (AvgIpc) is 2.86. The number of para-hydroxylation sites is 2. The maximum absolute atomic E-state index is 12.8. The van der Waals surface area contributed by atoms with Crippen LogP contribution in [-0.4, -0.2) is 68.6 Å². The van der Waals surface area contributed by atoms with Gasteiger partial charge in [0.1, 0.15) is 11.9 Å². The predicted octanol–water partition coefficient (Wildman–Crippen LogP) is 3.53. The lowest BCUT2D eigenvalue weighted by molar-refractivity contribution is -0.125.